The van der Waals surface area contributed by atoms with Crippen LogP contribution in [-0.4, -0.2) is 18.5 Å². The van der Waals surface area contributed by atoms with Gasteiger partial charge in [-0.3, -0.25) is 0 Å². The molecule has 0 heterocycles. The minimum Gasteiger partial charge on any atom is -0.302 e. The van der Waals surface area contributed by atoms with Crippen LogP contribution in [0.3, 0.4) is 0 Å². The molecule has 0 fully saturated rings. The summed E-state index contributed by atoms with van der Waals surface area (Å²) in [5.41, 5.74) is 1.41. The van der Waals surface area contributed by atoms with Gasteiger partial charge in [0.2, 0.25) is 0 Å². The molecule has 0 unspecified atom stereocenters. The molecule has 1 aromatic carbocycles. The van der Waals surface area contributed by atoms with Gasteiger partial charge >= 0.3 is 0 Å². The molecule has 0 saturated heterocycles. The summed E-state index contributed by atoms with van der Waals surface area (Å²) in [4.78, 5) is 2.40. The summed E-state index contributed by atoms with van der Waals surface area (Å²) in [5.74, 6) is 0. The summed E-state index contributed by atoms with van der Waals surface area (Å²) in [6.45, 7) is 4.53. The summed E-state index contributed by atoms with van der Waals surface area (Å²) in [6.07, 6.45) is 3.96. The zero-order chi connectivity index (χ0) is 11.1. The number of halogens is 1. The lowest BCUT2D eigenvalue weighted by Crippen LogP contribution is -2.18. The van der Waals surface area contributed by atoms with Crippen molar-refractivity contribution in [1.29, 1.82) is 0 Å². The zero-order valence-corrected chi connectivity index (χ0v) is 11.8. The van der Waals surface area contributed by atoms with E-state index in [-0.39, 0.29) is 0 Å². The van der Waals surface area contributed by atoms with Gasteiger partial charge in [0, 0.05) is 10.1 Å². The molecule has 84 valence electrons. The minimum atomic E-state index is 1.07. The molecule has 0 bridgehead atoms. The van der Waals surface area contributed by atoms with Crippen molar-refractivity contribution in [2.75, 3.05) is 13.6 Å². The van der Waals surface area contributed by atoms with Gasteiger partial charge in [0.15, 0.2) is 0 Å². The largest absolute Gasteiger partial charge is 0.302 e. The van der Waals surface area contributed by atoms with Gasteiger partial charge in [-0.15, -0.1) is 0 Å². The lowest BCUT2D eigenvalue weighted by Gasteiger charge is -2.16. The second kappa shape index (κ2) is 7.23. The molecule has 0 saturated carbocycles. The van der Waals surface area contributed by atoms with Crippen LogP contribution in [0.25, 0.3) is 0 Å². The van der Waals surface area contributed by atoms with Gasteiger partial charge in [-0.25, -0.2) is 0 Å². The van der Waals surface area contributed by atoms with Crippen LogP contribution in [0, 0.1) is 3.57 Å². The summed E-state index contributed by atoms with van der Waals surface area (Å²) in [6, 6.07) is 8.79. The highest BCUT2D eigenvalue weighted by atomic mass is 127. The first-order chi connectivity index (χ1) is 7.22. The second-order valence-electron chi connectivity index (χ2n) is 4.07. The average Bonchev–Trinajstić information content (AvgIpc) is 2.22. The van der Waals surface area contributed by atoms with E-state index in [1.165, 1.54) is 34.9 Å². The van der Waals surface area contributed by atoms with Crippen molar-refractivity contribution in [3.63, 3.8) is 0 Å². The topological polar surface area (TPSA) is 3.24 Å². The Morgan fingerprint density at radius 2 is 1.80 bits per heavy atom. The van der Waals surface area contributed by atoms with Gasteiger partial charge in [-0.05, 0) is 60.3 Å². The summed E-state index contributed by atoms with van der Waals surface area (Å²) in [5, 5.41) is 0. The number of benzene rings is 1. The number of hydrogen-bond donors (Lipinski definition) is 0. The predicted molar refractivity (Wildman–Crippen MR) is 75.0 cm³/mol. The van der Waals surface area contributed by atoms with Crippen LogP contribution in [0.2, 0.25) is 0 Å². The van der Waals surface area contributed by atoms with E-state index >= 15 is 0 Å². The summed E-state index contributed by atoms with van der Waals surface area (Å²) < 4.78 is 1.31. The van der Waals surface area contributed by atoms with Crippen LogP contribution >= 0.6 is 22.6 Å². The van der Waals surface area contributed by atoms with Crippen molar-refractivity contribution in [3.8, 4) is 0 Å². The molecule has 0 amide bonds. The SMILES string of the molecule is CCCCCN(C)Cc1ccc(I)cc1. The number of hydrogen-bond acceptors (Lipinski definition) is 1. The lowest BCUT2D eigenvalue weighted by atomic mass is 10.2. The van der Waals surface area contributed by atoms with E-state index in [4.69, 9.17) is 0 Å². The Kier molecular flexibility index (Phi) is 6.25. The van der Waals surface area contributed by atoms with Crippen LogP contribution < -0.4 is 0 Å². The van der Waals surface area contributed by atoms with Crippen LogP contribution in [0.15, 0.2) is 24.3 Å². The van der Waals surface area contributed by atoms with Gasteiger partial charge in [-0.2, -0.15) is 0 Å². The number of rotatable bonds is 6. The average molecular weight is 317 g/mol. The normalized spacial score (nSPS) is 10.9. The van der Waals surface area contributed by atoms with Crippen LogP contribution in [0.4, 0.5) is 0 Å². The van der Waals surface area contributed by atoms with Crippen molar-refractivity contribution in [2.24, 2.45) is 0 Å². The Bertz CT molecular complexity index is 268. The van der Waals surface area contributed by atoms with Crippen molar-refractivity contribution in [3.05, 3.63) is 33.4 Å². The van der Waals surface area contributed by atoms with Crippen LogP contribution in [0.5, 0.6) is 0 Å². The number of unbranched alkanes of at least 4 members (excludes halogenated alkanes) is 2. The molecule has 0 spiro atoms. The molecule has 1 aromatic rings. The standard InChI is InChI=1S/C13H20IN/c1-3-4-5-10-15(2)11-12-6-8-13(14)9-7-12/h6-9H,3-5,10-11H2,1-2H3. The quantitative estimate of drug-likeness (QED) is 0.568. The van der Waals surface area contributed by atoms with Crippen molar-refractivity contribution < 1.29 is 0 Å². The molecule has 2 heteroatoms. The summed E-state index contributed by atoms with van der Waals surface area (Å²) >= 11 is 2.34. The van der Waals surface area contributed by atoms with Gasteiger partial charge in [0.05, 0.1) is 0 Å². The fourth-order valence-electron chi connectivity index (χ4n) is 1.61. The molecule has 0 atom stereocenters. The molecule has 0 aliphatic carbocycles. The molecule has 15 heavy (non-hydrogen) atoms. The Labute approximate surface area is 107 Å². The van der Waals surface area contributed by atoms with E-state index in [9.17, 15) is 0 Å². The van der Waals surface area contributed by atoms with E-state index in [1.54, 1.807) is 0 Å². The maximum Gasteiger partial charge on any atom is 0.0230 e. The van der Waals surface area contributed by atoms with Gasteiger partial charge in [0.25, 0.3) is 0 Å². The van der Waals surface area contributed by atoms with E-state index < -0.39 is 0 Å². The van der Waals surface area contributed by atoms with E-state index in [0.29, 0.717) is 0 Å². The molecule has 1 nitrogen and oxygen atoms in total. The van der Waals surface area contributed by atoms with Gasteiger partial charge in [-0.1, -0.05) is 31.9 Å². The molecule has 0 aliphatic heterocycles. The Balaban J connectivity index is 2.31. The van der Waals surface area contributed by atoms with Crippen molar-refractivity contribution >= 4 is 22.6 Å². The Morgan fingerprint density at radius 3 is 2.40 bits per heavy atom. The van der Waals surface area contributed by atoms with Crippen molar-refractivity contribution in [2.45, 2.75) is 32.7 Å². The first kappa shape index (κ1) is 13.0. The monoisotopic (exact) mass is 317 g/mol. The zero-order valence-electron chi connectivity index (χ0n) is 9.67. The third-order valence-corrected chi connectivity index (χ3v) is 3.23. The fourth-order valence-corrected chi connectivity index (χ4v) is 1.97. The molecule has 0 aromatic heterocycles. The van der Waals surface area contributed by atoms with Crippen LogP contribution in [0.1, 0.15) is 31.7 Å². The predicted octanol–water partition coefficient (Wildman–Crippen LogP) is 3.91. The maximum atomic E-state index is 2.40. The Hall–Kier alpha value is -0.0900. The fraction of sp³-hybridized carbons (Fsp3) is 0.538. The molecule has 0 N–H and O–H groups in total. The lowest BCUT2D eigenvalue weighted by molar-refractivity contribution is 0.318. The van der Waals surface area contributed by atoms with E-state index in [2.05, 4.69) is 65.7 Å². The summed E-state index contributed by atoms with van der Waals surface area (Å²) in [7, 11) is 2.20. The molecular formula is C13H20IN. The van der Waals surface area contributed by atoms with Crippen molar-refractivity contribution in [1.82, 2.24) is 4.90 Å². The highest BCUT2D eigenvalue weighted by Crippen LogP contribution is 2.09. The third kappa shape index (κ3) is 5.52. The van der Waals surface area contributed by atoms with E-state index in [1.807, 2.05) is 0 Å². The molecular weight excluding hydrogens is 297 g/mol. The van der Waals surface area contributed by atoms with E-state index in [0.717, 1.165) is 6.54 Å². The highest BCUT2D eigenvalue weighted by molar-refractivity contribution is 14.1. The number of nitrogens with zero attached hydrogens (tertiary/aromatic N) is 1. The molecule has 0 radical (unpaired) electrons. The minimum absolute atomic E-state index is 1.07. The molecule has 1 rings (SSSR count). The smallest absolute Gasteiger partial charge is 0.0230 e. The highest BCUT2D eigenvalue weighted by Gasteiger charge is 1.99. The third-order valence-electron chi connectivity index (χ3n) is 2.51. The molecule has 0 aliphatic rings. The second-order valence-corrected chi connectivity index (χ2v) is 5.32. The van der Waals surface area contributed by atoms with Crippen LogP contribution in [-0.2, 0) is 6.54 Å². The first-order valence-electron chi connectivity index (χ1n) is 5.65. The van der Waals surface area contributed by atoms with Gasteiger partial charge < -0.3 is 4.90 Å². The maximum absolute atomic E-state index is 2.40. The van der Waals surface area contributed by atoms with Gasteiger partial charge in [0.1, 0.15) is 0 Å². The Morgan fingerprint density at radius 1 is 1.13 bits per heavy atom. The first-order valence-corrected chi connectivity index (χ1v) is 6.73.